The smallest absolute Gasteiger partial charge is 0.263 e. The van der Waals surface area contributed by atoms with Gasteiger partial charge in [-0.25, -0.2) is 9.37 Å². The first-order chi connectivity index (χ1) is 13.7. The van der Waals surface area contributed by atoms with Crippen LogP contribution < -0.4 is 10.1 Å². The maximum atomic E-state index is 13.2. The normalized spacial score (nSPS) is 10.6. The summed E-state index contributed by atoms with van der Waals surface area (Å²) in [7, 11) is 0. The number of hydrogen-bond acceptors (Lipinski definition) is 5. The van der Waals surface area contributed by atoms with Crippen molar-refractivity contribution in [3.63, 3.8) is 0 Å². The Morgan fingerprint density at radius 1 is 1.25 bits per heavy atom. The van der Waals surface area contributed by atoms with Crippen LogP contribution in [0.3, 0.4) is 0 Å². The van der Waals surface area contributed by atoms with Gasteiger partial charge in [-0.05, 0) is 36.4 Å². The monoisotopic (exact) mass is 392 g/mol. The van der Waals surface area contributed by atoms with Gasteiger partial charge in [0.05, 0.1) is 5.56 Å². The Labute approximate surface area is 163 Å². The highest BCUT2D eigenvalue weighted by molar-refractivity contribution is 7.15. The number of carbonyl (C=O) groups excluding carboxylic acids is 1. The summed E-state index contributed by atoms with van der Waals surface area (Å²) in [6, 6.07) is 14.6. The number of nitrogens with zero attached hydrogens (tertiary/aromatic N) is 3. The van der Waals surface area contributed by atoms with Crippen molar-refractivity contribution in [1.29, 1.82) is 5.26 Å². The molecule has 2 aromatic carbocycles. The second-order valence-corrected chi connectivity index (χ2v) is 6.69. The Bertz CT molecular complexity index is 1190. The largest absolute Gasteiger partial charge is 0.482 e. The summed E-state index contributed by atoms with van der Waals surface area (Å²) in [5.41, 5.74) is 1.58. The number of hydrogen-bond donors (Lipinski definition) is 1. The number of carbonyl (C=O) groups is 1. The number of amides is 1. The number of nitrogens with one attached hydrogen (secondary N) is 1. The lowest BCUT2D eigenvalue weighted by Gasteiger charge is -2.09. The highest BCUT2D eigenvalue weighted by Gasteiger charge is 2.18. The first-order valence-corrected chi connectivity index (χ1v) is 9.17. The van der Waals surface area contributed by atoms with Gasteiger partial charge in [-0.15, -0.1) is 11.3 Å². The molecule has 138 valence electrons. The van der Waals surface area contributed by atoms with E-state index < -0.39 is 5.91 Å². The summed E-state index contributed by atoms with van der Waals surface area (Å²) in [5.74, 6) is 0.0712. The van der Waals surface area contributed by atoms with E-state index in [4.69, 9.17) is 10.00 Å². The summed E-state index contributed by atoms with van der Waals surface area (Å²) in [4.78, 5) is 17.7. The lowest BCUT2D eigenvalue weighted by atomic mass is 10.1. The molecule has 0 fully saturated rings. The minimum Gasteiger partial charge on any atom is -0.482 e. The van der Waals surface area contributed by atoms with Crippen molar-refractivity contribution in [2.24, 2.45) is 0 Å². The van der Waals surface area contributed by atoms with E-state index in [9.17, 15) is 9.18 Å². The van der Waals surface area contributed by atoms with E-state index in [1.54, 1.807) is 47.0 Å². The van der Waals surface area contributed by atoms with E-state index in [1.807, 2.05) is 11.4 Å². The fourth-order valence-corrected chi connectivity index (χ4v) is 3.42. The molecule has 28 heavy (non-hydrogen) atoms. The molecule has 0 atom stereocenters. The van der Waals surface area contributed by atoms with E-state index in [1.165, 1.54) is 23.5 Å². The van der Waals surface area contributed by atoms with E-state index in [-0.39, 0.29) is 12.4 Å². The van der Waals surface area contributed by atoms with Crippen LogP contribution in [0.5, 0.6) is 5.75 Å². The second kappa shape index (κ2) is 7.50. The van der Waals surface area contributed by atoms with E-state index in [0.29, 0.717) is 33.3 Å². The quantitative estimate of drug-likeness (QED) is 0.555. The van der Waals surface area contributed by atoms with Gasteiger partial charge in [-0.3, -0.25) is 9.20 Å². The molecule has 8 heteroatoms. The number of halogens is 1. The minimum atomic E-state index is -0.399. The van der Waals surface area contributed by atoms with Gasteiger partial charge in [0.25, 0.3) is 5.91 Å². The number of aromatic nitrogens is 2. The number of rotatable bonds is 5. The van der Waals surface area contributed by atoms with Gasteiger partial charge in [0, 0.05) is 17.1 Å². The molecule has 0 saturated carbocycles. The van der Waals surface area contributed by atoms with Crippen molar-refractivity contribution in [1.82, 2.24) is 9.38 Å². The average Bonchev–Trinajstić information content (AvgIpc) is 3.30. The molecule has 0 radical (unpaired) electrons. The molecule has 1 amide bonds. The Hall–Kier alpha value is -3.70. The van der Waals surface area contributed by atoms with Crippen LogP contribution in [-0.2, 0) is 4.79 Å². The molecule has 4 aromatic rings. The van der Waals surface area contributed by atoms with Gasteiger partial charge in [-0.2, -0.15) is 5.26 Å². The maximum absolute atomic E-state index is 13.2. The van der Waals surface area contributed by atoms with Crippen molar-refractivity contribution in [2.75, 3.05) is 11.9 Å². The van der Waals surface area contributed by atoms with Gasteiger partial charge in [0.15, 0.2) is 11.6 Å². The van der Waals surface area contributed by atoms with Crippen LogP contribution in [0, 0.1) is 17.1 Å². The number of benzene rings is 2. The van der Waals surface area contributed by atoms with Gasteiger partial charge < -0.3 is 10.1 Å². The highest BCUT2D eigenvalue weighted by Crippen LogP contribution is 2.30. The van der Waals surface area contributed by atoms with Gasteiger partial charge in [-0.1, -0.05) is 12.1 Å². The molecule has 0 unspecified atom stereocenters. The molecule has 4 rings (SSSR count). The van der Waals surface area contributed by atoms with Gasteiger partial charge in [0.2, 0.25) is 0 Å². The summed E-state index contributed by atoms with van der Waals surface area (Å²) >= 11 is 1.42. The number of anilines is 1. The summed E-state index contributed by atoms with van der Waals surface area (Å²) in [6.07, 6.45) is 1.79. The van der Waals surface area contributed by atoms with Crippen LogP contribution in [-0.4, -0.2) is 21.9 Å². The fourth-order valence-electron chi connectivity index (χ4n) is 2.71. The molecule has 0 saturated heterocycles. The van der Waals surface area contributed by atoms with Crippen LogP contribution in [0.4, 0.5) is 10.2 Å². The molecular formula is C20H13FN4O2S. The molecule has 2 aromatic heterocycles. The number of para-hydroxylation sites is 1. The van der Waals surface area contributed by atoms with E-state index >= 15 is 0 Å². The molecule has 0 aliphatic heterocycles. The van der Waals surface area contributed by atoms with Crippen LogP contribution in [0.15, 0.2) is 60.1 Å². The van der Waals surface area contributed by atoms with E-state index in [0.717, 1.165) is 0 Å². The highest BCUT2D eigenvalue weighted by atomic mass is 32.1. The third-order valence-electron chi connectivity index (χ3n) is 4.00. The number of imidazole rings is 1. The zero-order valence-electron chi connectivity index (χ0n) is 14.4. The molecule has 0 aliphatic carbocycles. The second-order valence-electron chi connectivity index (χ2n) is 5.82. The number of fused-ring (bicyclic) bond motifs is 1. The summed E-state index contributed by atoms with van der Waals surface area (Å²) in [6.45, 7) is -0.265. The van der Waals surface area contributed by atoms with E-state index in [2.05, 4.69) is 10.3 Å². The van der Waals surface area contributed by atoms with Crippen molar-refractivity contribution in [3.05, 3.63) is 71.5 Å². The third kappa shape index (κ3) is 3.43. The van der Waals surface area contributed by atoms with Gasteiger partial charge >= 0.3 is 0 Å². The van der Waals surface area contributed by atoms with Crippen molar-refractivity contribution < 1.29 is 13.9 Å². The number of thiazole rings is 1. The molecule has 0 bridgehead atoms. The van der Waals surface area contributed by atoms with Crippen LogP contribution in [0.25, 0.3) is 16.2 Å². The lowest BCUT2D eigenvalue weighted by molar-refractivity contribution is -0.118. The van der Waals surface area contributed by atoms with Crippen molar-refractivity contribution in [3.8, 4) is 23.1 Å². The third-order valence-corrected chi connectivity index (χ3v) is 4.76. The van der Waals surface area contributed by atoms with Crippen molar-refractivity contribution in [2.45, 2.75) is 0 Å². The Balaban J connectivity index is 1.58. The lowest BCUT2D eigenvalue weighted by Crippen LogP contribution is -2.21. The minimum absolute atomic E-state index is 0.265. The molecule has 2 heterocycles. The van der Waals surface area contributed by atoms with Crippen molar-refractivity contribution >= 4 is 28.0 Å². The van der Waals surface area contributed by atoms with Crippen LogP contribution in [0.2, 0.25) is 0 Å². The molecule has 1 N–H and O–H groups in total. The predicted molar refractivity (Wildman–Crippen MR) is 104 cm³/mol. The zero-order valence-corrected chi connectivity index (χ0v) is 15.2. The predicted octanol–water partition coefficient (Wildman–Crippen LogP) is 4.09. The van der Waals surface area contributed by atoms with Gasteiger partial charge in [0.1, 0.15) is 29.1 Å². The van der Waals surface area contributed by atoms with Crippen LogP contribution in [0.1, 0.15) is 5.56 Å². The Morgan fingerprint density at radius 3 is 2.82 bits per heavy atom. The number of nitriles is 1. The molecule has 6 nitrogen and oxygen atoms in total. The number of ether oxygens (including phenoxy) is 1. The van der Waals surface area contributed by atoms with Crippen LogP contribution >= 0.6 is 11.3 Å². The first-order valence-electron chi connectivity index (χ1n) is 8.29. The molecule has 0 spiro atoms. The zero-order chi connectivity index (χ0) is 19.5. The SMILES string of the molecule is N#Cc1ccccc1OCC(=O)Nc1c(-c2ccc(F)cc2)nc2sccn12. The molecule has 0 aliphatic rings. The summed E-state index contributed by atoms with van der Waals surface area (Å²) in [5, 5.41) is 13.8. The topological polar surface area (TPSA) is 79.4 Å². The standard InChI is InChI=1S/C20H13FN4O2S/c21-15-7-5-13(6-8-15)18-19(25-9-10-28-20(25)24-18)23-17(26)12-27-16-4-2-1-3-14(16)11-22/h1-10H,12H2,(H,23,26). The maximum Gasteiger partial charge on any atom is 0.263 e. The Kier molecular flexibility index (Phi) is 4.74. The Morgan fingerprint density at radius 2 is 2.04 bits per heavy atom. The molecular weight excluding hydrogens is 379 g/mol. The summed E-state index contributed by atoms with van der Waals surface area (Å²) < 4.78 is 20.5. The first kappa shape index (κ1) is 17.7. The fraction of sp³-hybridized carbons (Fsp3) is 0.0500. The average molecular weight is 392 g/mol.